The van der Waals surface area contributed by atoms with E-state index in [0.717, 1.165) is 35.1 Å². The van der Waals surface area contributed by atoms with Gasteiger partial charge in [0.2, 0.25) is 5.89 Å². The SMILES string of the molecule is Cc1cc(C)cc(-c2nnc(SCC(=O)c3ccc4c(c3)CCCC4)o2)c1. The summed E-state index contributed by atoms with van der Waals surface area (Å²) >= 11 is 1.29. The van der Waals surface area contributed by atoms with E-state index >= 15 is 0 Å². The van der Waals surface area contributed by atoms with Gasteiger partial charge < -0.3 is 4.42 Å². The summed E-state index contributed by atoms with van der Waals surface area (Å²) in [4.78, 5) is 12.6. The van der Waals surface area contributed by atoms with E-state index in [2.05, 4.69) is 28.4 Å². The maximum Gasteiger partial charge on any atom is 0.277 e. The van der Waals surface area contributed by atoms with Gasteiger partial charge in [-0.1, -0.05) is 41.1 Å². The zero-order chi connectivity index (χ0) is 18.8. The standard InChI is InChI=1S/C22H22N2O2S/c1-14-9-15(2)11-19(10-14)21-23-24-22(26-21)27-13-20(25)18-8-7-16-5-3-4-6-17(16)12-18/h7-12H,3-6,13H2,1-2H3. The van der Waals surface area contributed by atoms with Crippen LogP contribution in [0, 0.1) is 13.8 Å². The molecular formula is C22H22N2O2S. The van der Waals surface area contributed by atoms with E-state index in [0.29, 0.717) is 16.9 Å². The Balaban J connectivity index is 1.43. The number of hydrogen-bond donors (Lipinski definition) is 0. The van der Waals surface area contributed by atoms with Crippen LogP contribution in [0.4, 0.5) is 0 Å². The third-order valence-electron chi connectivity index (χ3n) is 4.87. The summed E-state index contributed by atoms with van der Waals surface area (Å²) in [7, 11) is 0. The van der Waals surface area contributed by atoms with Crippen molar-refractivity contribution in [1.82, 2.24) is 10.2 Å². The molecule has 0 bridgehead atoms. The fraction of sp³-hybridized carbons (Fsp3) is 0.318. The minimum absolute atomic E-state index is 0.0968. The fourth-order valence-electron chi connectivity index (χ4n) is 3.60. The molecule has 1 aliphatic carbocycles. The lowest BCUT2D eigenvalue weighted by Crippen LogP contribution is -2.07. The third kappa shape index (κ3) is 4.14. The highest BCUT2D eigenvalue weighted by Gasteiger charge is 2.15. The number of aryl methyl sites for hydroxylation is 4. The van der Waals surface area contributed by atoms with E-state index < -0.39 is 0 Å². The number of aromatic nitrogens is 2. The summed E-state index contributed by atoms with van der Waals surface area (Å²) in [5.74, 6) is 0.887. The molecule has 27 heavy (non-hydrogen) atoms. The lowest BCUT2D eigenvalue weighted by Gasteiger charge is -2.16. The normalized spacial score (nSPS) is 13.4. The van der Waals surface area contributed by atoms with Crippen molar-refractivity contribution in [2.24, 2.45) is 0 Å². The second kappa shape index (κ2) is 7.69. The van der Waals surface area contributed by atoms with Gasteiger partial charge in [-0.25, -0.2) is 0 Å². The van der Waals surface area contributed by atoms with E-state index in [1.807, 2.05) is 32.0 Å². The number of Topliss-reactive ketones (excluding diaryl/α,β-unsaturated/α-hetero) is 1. The van der Waals surface area contributed by atoms with Crippen molar-refractivity contribution in [3.05, 3.63) is 64.2 Å². The molecule has 4 rings (SSSR count). The van der Waals surface area contributed by atoms with Crippen molar-refractivity contribution in [2.75, 3.05) is 5.75 Å². The maximum atomic E-state index is 12.6. The van der Waals surface area contributed by atoms with Gasteiger partial charge in [0.1, 0.15) is 0 Å². The Morgan fingerprint density at radius 3 is 2.52 bits per heavy atom. The van der Waals surface area contributed by atoms with Gasteiger partial charge in [0.15, 0.2) is 5.78 Å². The number of nitrogens with zero attached hydrogens (tertiary/aromatic N) is 2. The van der Waals surface area contributed by atoms with Gasteiger partial charge in [0, 0.05) is 11.1 Å². The van der Waals surface area contributed by atoms with E-state index in [1.54, 1.807) is 0 Å². The van der Waals surface area contributed by atoms with Crippen LogP contribution in [0.2, 0.25) is 0 Å². The summed E-state index contributed by atoms with van der Waals surface area (Å²) in [6.07, 6.45) is 4.66. The zero-order valence-electron chi connectivity index (χ0n) is 15.6. The molecular weight excluding hydrogens is 356 g/mol. The number of carbonyl (C=O) groups excluding carboxylic acids is 1. The first kappa shape index (κ1) is 18.0. The number of ketones is 1. The van der Waals surface area contributed by atoms with Crippen LogP contribution in [0.5, 0.6) is 0 Å². The molecule has 0 spiro atoms. The van der Waals surface area contributed by atoms with E-state index in [-0.39, 0.29) is 5.78 Å². The monoisotopic (exact) mass is 378 g/mol. The molecule has 0 aliphatic heterocycles. The predicted molar refractivity (Wildman–Crippen MR) is 107 cm³/mol. The molecule has 0 fully saturated rings. The predicted octanol–water partition coefficient (Wildman–Crippen LogP) is 5.21. The highest BCUT2D eigenvalue weighted by molar-refractivity contribution is 7.99. The van der Waals surface area contributed by atoms with Gasteiger partial charge in [-0.15, -0.1) is 10.2 Å². The number of rotatable bonds is 5. The summed E-state index contributed by atoms with van der Waals surface area (Å²) in [6.45, 7) is 4.08. The topological polar surface area (TPSA) is 56.0 Å². The van der Waals surface area contributed by atoms with Crippen molar-refractivity contribution in [3.63, 3.8) is 0 Å². The van der Waals surface area contributed by atoms with Gasteiger partial charge in [-0.05, 0) is 68.9 Å². The number of benzene rings is 2. The Bertz CT molecular complexity index is 973. The molecule has 1 aromatic heterocycles. The number of hydrogen-bond acceptors (Lipinski definition) is 5. The van der Waals surface area contributed by atoms with Crippen LogP contribution < -0.4 is 0 Å². The Labute approximate surface area is 163 Å². The molecule has 1 aliphatic rings. The minimum Gasteiger partial charge on any atom is -0.411 e. The Kier molecular flexibility index (Phi) is 5.12. The van der Waals surface area contributed by atoms with Crippen molar-refractivity contribution < 1.29 is 9.21 Å². The third-order valence-corrected chi connectivity index (χ3v) is 5.69. The number of carbonyl (C=O) groups is 1. The van der Waals surface area contributed by atoms with Gasteiger partial charge in [0.25, 0.3) is 5.22 Å². The van der Waals surface area contributed by atoms with Crippen LogP contribution in [0.1, 0.15) is 45.5 Å². The molecule has 5 heteroatoms. The van der Waals surface area contributed by atoms with E-state index in [9.17, 15) is 4.79 Å². The van der Waals surface area contributed by atoms with Gasteiger partial charge in [-0.3, -0.25) is 4.79 Å². The molecule has 0 saturated heterocycles. The molecule has 0 radical (unpaired) electrons. The van der Waals surface area contributed by atoms with Crippen LogP contribution in [0.15, 0.2) is 46.0 Å². The van der Waals surface area contributed by atoms with Crippen LogP contribution in [-0.4, -0.2) is 21.7 Å². The largest absolute Gasteiger partial charge is 0.411 e. The molecule has 3 aromatic rings. The smallest absolute Gasteiger partial charge is 0.277 e. The van der Waals surface area contributed by atoms with Gasteiger partial charge in [0.05, 0.1) is 5.75 Å². The van der Waals surface area contributed by atoms with Crippen LogP contribution in [0.25, 0.3) is 11.5 Å². The highest BCUT2D eigenvalue weighted by Crippen LogP contribution is 2.26. The number of fused-ring (bicyclic) bond motifs is 1. The molecule has 138 valence electrons. The van der Waals surface area contributed by atoms with Crippen molar-refractivity contribution in [3.8, 4) is 11.5 Å². The van der Waals surface area contributed by atoms with Crippen LogP contribution >= 0.6 is 11.8 Å². The lowest BCUT2D eigenvalue weighted by molar-refractivity contribution is 0.102. The Morgan fingerprint density at radius 2 is 1.74 bits per heavy atom. The molecule has 0 atom stereocenters. The first-order valence-corrected chi connectivity index (χ1v) is 10.3. The van der Waals surface area contributed by atoms with Crippen LogP contribution in [-0.2, 0) is 12.8 Å². The van der Waals surface area contributed by atoms with Gasteiger partial charge >= 0.3 is 0 Å². The number of thioether (sulfide) groups is 1. The average molecular weight is 378 g/mol. The molecule has 0 N–H and O–H groups in total. The maximum absolute atomic E-state index is 12.6. The Morgan fingerprint density at radius 1 is 1.00 bits per heavy atom. The van der Waals surface area contributed by atoms with Crippen molar-refractivity contribution in [1.29, 1.82) is 0 Å². The van der Waals surface area contributed by atoms with E-state index in [4.69, 9.17) is 4.42 Å². The van der Waals surface area contributed by atoms with E-state index in [1.165, 1.54) is 35.7 Å². The van der Waals surface area contributed by atoms with Gasteiger partial charge in [-0.2, -0.15) is 0 Å². The highest BCUT2D eigenvalue weighted by atomic mass is 32.2. The summed E-state index contributed by atoms with van der Waals surface area (Å²) in [5, 5.41) is 8.64. The average Bonchev–Trinajstić information content (AvgIpc) is 3.14. The quantitative estimate of drug-likeness (QED) is 0.451. The molecule has 0 amide bonds. The molecule has 0 saturated carbocycles. The summed E-state index contributed by atoms with van der Waals surface area (Å²) in [6, 6.07) is 12.3. The molecule has 0 unspecified atom stereocenters. The minimum atomic E-state index is 0.0968. The first-order valence-electron chi connectivity index (χ1n) is 9.28. The summed E-state index contributed by atoms with van der Waals surface area (Å²) in [5.41, 5.74) is 6.71. The Hall–Kier alpha value is -2.40. The molecule has 4 nitrogen and oxygen atoms in total. The fourth-order valence-corrected chi connectivity index (χ4v) is 4.26. The van der Waals surface area contributed by atoms with Crippen LogP contribution in [0.3, 0.4) is 0 Å². The van der Waals surface area contributed by atoms with Crippen molar-refractivity contribution in [2.45, 2.75) is 44.8 Å². The second-order valence-electron chi connectivity index (χ2n) is 7.15. The second-order valence-corrected chi connectivity index (χ2v) is 8.08. The summed E-state index contributed by atoms with van der Waals surface area (Å²) < 4.78 is 5.75. The molecule has 1 heterocycles. The molecule has 2 aromatic carbocycles. The van der Waals surface area contributed by atoms with Crippen molar-refractivity contribution >= 4 is 17.5 Å². The first-order chi connectivity index (χ1) is 13.1. The lowest BCUT2D eigenvalue weighted by atomic mass is 9.90. The zero-order valence-corrected chi connectivity index (χ0v) is 16.4.